The summed E-state index contributed by atoms with van der Waals surface area (Å²) in [6, 6.07) is 7.01. The molecule has 20 heavy (non-hydrogen) atoms. The third kappa shape index (κ3) is 3.48. The minimum atomic E-state index is -1.04. The molecule has 0 saturated heterocycles. The predicted octanol–water partition coefficient (Wildman–Crippen LogP) is 3.13. The van der Waals surface area contributed by atoms with Crippen molar-refractivity contribution in [2.45, 2.75) is 6.61 Å². The first-order valence-electron chi connectivity index (χ1n) is 5.73. The first-order chi connectivity index (χ1) is 9.60. The van der Waals surface area contributed by atoms with Crippen LogP contribution in [-0.4, -0.2) is 23.2 Å². The van der Waals surface area contributed by atoms with Crippen LogP contribution in [-0.2, 0) is 6.61 Å². The van der Waals surface area contributed by atoms with Crippen LogP contribution in [0.15, 0.2) is 41.1 Å². The third-order valence-corrected chi connectivity index (χ3v) is 3.09. The third-order valence-electron chi connectivity index (χ3n) is 2.60. The number of hydrogen-bond acceptors (Lipinski definition) is 4. The molecule has 0 unspecified atom stereocenters. The van der Waals surface area contributed by atoms with Gasteiger partial charge in [0.1, 0.15) is 18.1 Å². The molecular formula is C14H12BrNO4. The molecule has 0 aliphatic carbocycles. The Balaban J connectivity index is 2.14. The smallest absolute Gasteiger partial charge is 0.337 e. The van der Waals surface area contributed by atoms with E-state index in [1.807, 2.05) is 18.2 Å². The summed E-state index contributed by atoms with van der Waals surface area (Å²) in [6.07, 6.45) is 2.74. The van der Waals surface area contributed by atoms with Gasteiger partial charge in [-0.1, -0.05) is 15.9 Å². The molecule has 0 aliphatic heterocycles. The zero-order chi connectivity index (χ0) is 14.5. The molecule has 0 radical (unpaired) electrons. The van der Waals surface area contributed by atoms with Crippen molar-refractivity contribution in [3.8, 4) is 11.5 Å². The van der Waals surface area contributed by atoms with Crippen LogP contribution in [0.25, 0.3) is 0 Å². The fraction of sp³-hybridized carbons (Fsp3) is 0.143. The second-order valence-corrected chi connectivity index (χ2v) is 4.87. The Morgan fingerprint density at radius 1 is 1.35 bits per heavy atom. The lowest BCUT2D eigenvalue weighted by atomic mass is 10.2. The Hall–Kier alpha value is -2.08. The number of methoxy groups -OCH3 is 1. The summed E-state index contributed by atoms with van der Waals surface area (Å²) in [4.78, 5) is 14.7. The first kappa shape index (κ1) is 14.3. The highest BCUT2D eigenvalue weighted by Gasteiger charge is 2.07. The largest absolute Gasteiger partial charge is 0.496 e. The van der Waals surface area contributed by atoms with Gasteiger partial charge in [0.2, 0.25) is 0 Å². The zero-order valence-electron chi connectivity index (χ0n) is 10.7. The van der Waals surface area contributed by atoms with Gasteiger partial charge in [-0.3, -0.25) is 4.98 Å². The van der Waals surface area contributed by atoms with E-state index in [9.17, 15) is 4.79 Å². The van der Waals surface area contributed by atoms with Gasteiger partial charge < -0.3 is 14.6 Å². The molecule has 0 aliphatic rings. The molecule has 1 aromatic heterocycles. The van der Waals surface area contributed by atoms with Crippen molar-refractivity contribution < 1.29 is 19.4 Å². The Morgan fingerprint density at radius 2 is 2.15 bits per heavy atom. The molecule has 2 aromatic rings. The lowest BCUT2D eigenvalue weighted by Gasteiger charge is -2.10. The average Bonchev–Trinajstić information content (AvgIpc) is 2.45. The van der Waals surface area contributed by atoms with Crippen molar-refractivity contribution >= 4 is 21.9 Å². The maximum absolute atomic E-state index is 10.9. The summed E-state index contributed by atoms with van der Waals surface area (Å²) in [5, 5.41) is 8.89. The molecule has 0 bridgehead atoms. The molecule has 6 heteroatoms. The standard InChI is InChI=1S/C14H12BrNO4/c1-19-13-3-2-11(15)4-10(13)8-20-12-5-9(14(17)18)6-16-7-12/h2-7H,8H2,1H3,(H,17,18). The molecule has 104 valence electrons. The maximum atomic E-state index is 10.9. The van der Waals surface area contributed by atoms with Crippen LogP contribution in [0.3, 0.4) is 0 Å². The van der Waals surface area contributed by atoms with E-state index in [0.717, 1.165) is 10.0 Å². The van der Waals surface area contributed by atoms with E-state index in [4.69, 9.17) is 14.6 Å². The van der Waals surface area contributed by atoms with Crippen molar-refractivity contribution in [1.29, 1.82) is 0 Å². The Morgan fingerprint density at radius 3 is 2.85 bits per heavy atom. The number of aromatic nitrogens is 1. The van der Waals surface area contributed by atoms with E-state index in [2.05, 4.69) is 20.9 Å². The number of carboxylic acid groups (broad SMARTS) is 1. The number of aromatic carboxylic acids is 1. The van der Waals surface area contributed by atoms with Gasteiger partial charge in [0.15, 0.2) is 0 Å². The van der Waals surface area contributed by atoms with Crippen molar-refractivity contribution in [3.05, 3.63) is 52.3 Å². The van der Waals surface area contributed by atoms with Crippen molar-refractivity contribution in [2.75, 3.05) is 7.11 Å². The van der Waals surface area contributed by atoms with Crippen LogP contribution in [0, 0.1) is 0 Å². The Kier molecular flexibility index (Phi) is 4.57. The van der Waals surface area contributed by atoms with Crippen LogP contribution in [0.4, 0.5) is 0 Å². The second kappa shape index (κ2) is 6.38. The first-order valence-corrected chi connectivity index (χ1v) is 6.53. The minimum absolute atomic E-state index is 0.0868. The summed E-state index contributed by atoms with van der Waals surface area (Å²) in [7, 11) is 1.58. The van der Waals surface area contributed by atoms with Gasteiger partial charge in [0.05, 0.1) is 18.9 Å². The predicted molar refractivity (Wildman–Crippen MR) is 76.2 cm³/mol. The summed E-state index contributed by atoms with van der Waals surface area (Å²) < 4.78 is 11.7. The van der Waals surface area contributed by atoms with Crippen LogP contribution >= 0.6 is 15.9 Å². The average molecular weight is 338 g/mol. The molecule has 0 spiro atoms. The van der Waals surface area contributed by atoms with Gasteiger partial charge in [0.25, 0.3) is 0 Å². The normalized spacial score (nSPS) is 10.1. The number of nitrogens with zero attached hydrogens (tertiary/aromatic N) is 1. The number of benzene rings is 1. The number of halogens is 1. The summed E-state index contributed by atoms with van der Waals surface area (Å²) in [5.41, 5.74) is 0.936. The fourth-order valence-electron chi connectivity index (χ4n) is 1.64. The molecule has 1 aromatic carbocycles. The van der Waals surface area contributed by atoms with Gasteiger partial charge in [0, 0.05) is 16.2 Å². The van der Waals surface area contributed by atoms with E-state index in [0.29, 0.717) is 11.5 Å². The summed E-state index contributed by atoms with van der Waals surface area (Å²) in [6.45, 7) is 0.257. The lowest BCUT2D eigenvalue weighted by Crippen LogP contribution is -2.01. The van der Waals surface area contributed by atoms with Gasteiger partial charge >= 0.3 is 5.97 Å². The van der Waals surface area contributed by atoms with Gasteiger partial charge in [-0.25, -0.2) is 4.79 Å². The molecule has 0 saturated carbocycles. The molecule has 0 fully saturated rings. The molecule has 1 heterocycles. The molecule has 2 rings (SSSR count). The highest BCUT2D eigenvalue weighted by Crippen LogP contribution is 2.24. The molecule has 5 nitrogen and oxygen atoms in total. The molecule has 1 N–H and O–H groups in total. The number of rotatable bonds is 5. The van der Waals surface area contributed by atoms with Crippen LogP contribution in [0.5, 0.6) is 11.5 Å². The molecule has 0 atom stereocenters. The highest BCUT2D eigenvalue weighted by atomic mass is 79.9. The van der Waals surface area contributed by atoms with E-state index in [1.165, 1.54) is 18.5 Å². The quantitative estimate of drug-likeness (QED) is 0.907. The molecular weight excluding hydrogens is 326 g/mol. The fourth-order valence-corrected chi connectivity index (χ4v) is 2.04. The number of carbonyl (C=O) groups is 1. The zero-order valence-corrected chi connectivity index (χ0v) is 12.3. The van der Waals surface area contributed by atoms with Gasteiger partial charge in [-0.15, -0.1) is 0 Å². The Labute approximate surface area is 124 Å². The summed E-state index contributed by atoms with van der Waals surface area (Å²) in [5.74, 6) is 0.0606. The van der Waals surface area contributed by atoms with Crippen molar-refractivity contribution in [3.63, 3.8) is 0 Å². The van der Waals surface area contributed by atoms with Gasteiger partial charge in [-0.05, 0) is 24.3 Å². The number of ether oxygens (including phenoxy) is 2. The van der Waals surface area contributed by atoms with Crippen LogP contribution in [0.2, 0.25) is 0 Å². The van der Waals surface area contributed by atoms with Crippen LogP contribution < -0.4 is 9.47 Å². The lowest BCUT2D eigenvalue weighted by molar-refractivity contribution is 0.0696. The molecule has 0 amide bonds. The van der Waals surface area contributed by atoms with E-state index >= 15 is 0 Å². The van der Waals surface area contributed by atoms with E-state index < -0.39 is 5.97 Å². The van der Waals surface area contributed by atoms with Crippen molar-refractivity contribution in [1.82, 2.24) is 4.98 Å². The Bertz CT molecular complexity index is 630. The van der Waals surface area contributed by atoms with Gasteiger partial charge in [-0.2, -0.15) is 0 Å². The highest BCUT2D eigenvalue weighted by molar-refractivity contribution is 9.10. The SMILES string of the molecule is COc1ccc(Br)cc1COc1cncc(C(=O)O)c1. The number of carboxylic acids is 1. The van der Waals surface area contributed by atoms with E-state index in [-0.39, 0.29) is 12.2 Å². The van der Waals surface area contributed by atoms with Crippen LogP contribution in [0.1, 0.15) is 15.9 Å². The van der Waals surface area contributed by atoms with Crippen molar-refractivity contribution in [2.24, 2.45) is 0 Å². The number of pyridine rings is 1. The maximum Gasteiger partial charge on any atom is 0.337 e. The summed E-state index contributed by atoms with van der Waals surface area (Å²) >= 11 is 3.38. The monoisotopic (exact) mass is 337 g/mol. The number of hydrogen-bond donors (Lipinski definition) is 1. The topological polar surface area (TPSA) is 68.7 Å². The van der Waals surface area contributed by atoms with E-state index in [1.54, 1.807) is 7.11 Å². The second-order valence-electron chi connectivity index (χ2n) is 3.96. The minimum Gasteiger partial charge on any atom is -0.496 e.